The zero-order chi connectivity index (χ0) is 24.2. The number of nitrogens with zero attached hydrogens (tertiary/aromatic N) is 2. The van der Waals surface area contributed by atoms with Gasteiger partial charge in [0.15, 0.2) is 0 Å². The van der Waals surface area contributed by atoms with Crippen LogP contribution in [-0.2, 0) is 9.53 Å². The number of carbonyl (C=O) groups is 3. The Balaban J connectivity index is 1.30. The van der Waals surface area contributed by atoms with Gasteiger partial charge < -0.3 is 20.1 Å². The molecular weight excluding hydrogens is 454 g/mol. The van der Waals surface area contributed by atoms with Crippen molar-refractivity contribution < 1.29 is 24.2 Å². The van der Waals surface area contributed by atoms with Gasteiger partial charge in [-0.25, -0.2) is 9.59 Å². The van der Waals surface area contributed by atoms with Gasteiger partial charge >= 0.3 is 12.1 Å². The number of ether oxygens (including phenoxy) is 1. The second-order valence-electron chi connectivity index (χ2n) is 7.76. The number of aromatic carboxylic acids is 1. The predicted molar refractivity (Wildman–Crippen MR) is 129 cm³/mol. The molecule has 3 aromatic rings. The zero-order valence-corrected chi connectivity index (χ0v) is 19.5. The van der Waals surface area contributed by atoms with Gasteiger partial charge in [-0.15, -0.1) is 0 Å². The summed E-state index contributed by atoms with van der Waals surface area (Å²) in [4.78, 5) is 37.2. The van der Waals surface area contributed by atoms with Crippen molar-refractivity contribution >= 4 is 34.5 Å². The van der Waals surface area contributed by atoms with Crippen LogP contribution in [0.15, 0.2) is 60.7 Å². The fourth-order valence-electron chi connectivity index (χ4n) is 4.00. The van der Waals surface area contributed by atoms with Gasteiger partial charge in [0.2, 0.25) is 0 Å². The third-order valence-electron chi connectivity index (χ3n) is 5.66. The first-order chi connectivity index (χ1) is 16.4. The Morgan fingerprint density at radius 1 is 1.12 bits per heavy atom. The highest BCUT2D eigenvalue weighted by Gasteiger charge is 2.29. The van der Waals surface area contributed by atoms with E-state index in [1.807, 2.05) is 36.4 Å². The van der Waals surface area contributed by atoms with Gasteiger partial charge in [0.25, 0.3) is 5.91 Å². The van der Waals surface area contributed by atoms with Crippen LogP contribution in [0, 0.1) is 6.92 Å². The Hall–Kier alpha value is -3.98. The molecule has 1 aromatic heterocycles. The summed E-state index contributed by atoms with van der Waals surface area (Å²) >= 11 is 0.945. The third kappa shape index (κ3) is 4.55. The summed E-state index contributed by atoms with van der Waals surface area (Å²) < 4.78 is 9.47. The average molecular weight is 478 g/mol. The summed E-state index contributed by atoms with van der Waals surface area (Å²) in [5.74, 6) is -1.60. The van der Waals surface area contributed by atoms with E-state index in [4.69, 9.17) is 4.74 Å². The van der Waals surface area contributed by atoms with E-state index in [0.717, 1.165) is 33.8 Å². The molecule has 34 heavy (non-hydrogen) atoms. The van der Waals surface area contributed by atoms with Gasteiger partial charge in [-0.05, 0) is 40.7 Å². The van der Waals surface area contributed by atoms with Crippen LogP contribution in [0.2, 0.25) is 0 Å². The van der Waals surface area contributed by atoms with E-state index in [2.05, 4.69) is 21.8 Å². The summed E-state index contributed by atoms with van der Waals surface area (Å²) in [6, 6.07) is 16.2. The molecule has 8 nitrogen and oxygen atoms in total. The van der Waals surface area contributed by atoms with Gasteiger partial charge in [-0.1, -0.05) is 54.6 Å². The van der Waals surface area contributed by atoms with Crippen molar-refractivity contribution in [2.75, 3.05) is 25.1 Å². The first-order valence-corrected chi connectivity index (χ1v) is 11.4. The summed E-state index contributed by atoms with van der Waals surface area (Å²) in [7, 11) is 1.48. The number of fused-ring (bicyclic) bond motifs is 3. The molecule has 1 aliphatic carbocycles. The minimum absolute atomic E-state index is 0.00557. The molecule has 0 saturated carbocycles. The van der Waals surface area contributed by atoms with E-state index < -0.39 is 18.0 Å². The third-order valence-corrected chi connectivity index (χ3v) is 6.68. The molecule has 174 valence electrons. The van der Waals surface area contributed by atoms with Crippen molar-refractivity contribution in [2.45, 2.75) is 12.8 Å². The monoisotopic (exact) mass is 477 g/mol. The Morgan fingerprint density at radius 2 is 1.74 bits per heavy atom. The summed E-state index contributed by atoms with van der Waals surface area (Å²) in [6.07, 6.45) is 2.16. The Bertz CT molecular complexity index is 1240. The topological polar surface area (TPSA) is 109 Å². The lowest BCUT2D eigenvalue weighted by molar-refractivity contribution is -0.113. The van der Waals surface area contributed by atoms with Gasteiger partial charge in [-0.3, -0.25) is 4.79 Å². The maximum absolute atomic E-state index is 12.4. The molecule has 0 radical (unpaired) electrons. The van der Waals surface area contributed by atoms with Crippen molar-refractivity contribution in [2.24, 2.45) is 0 Å². The van der Waals surface area contributed by atoms with E-state index in [1.54, 1.807) is 6.92 Å². The van der Waals surface area contributed by atoms with Crippen molar-refractivity contribution in [1.82, 2.24) is 9.69 Å². The highest BCUT2D eigenvalue weighted by Crippen LogP contribution is 2.44. The van der Waals surface area contributed by atoms with E-state index in [-0.39, 0.29) is 29.6 Å². The van der Waals surface area contributed by atoms with Gasteiger partial charge in [0.05, 0.1) is 5.69 Å². The molecule has 2 N–H and O–H groups in total. The number of carbonyl (C=O) groups excluding carboxylic acids is 2. The number of rotatable bonds is 7. The van der Waals surface area contributed by atoms with Crippen molar-refractivity contribution in [1.29, 1.82) is 0 Å². The molecule has 0 atom stereocenters. The molecule has 0 spiro atoms. The number of hydrogen-bond donors (Lipinski definition) is 2. The molecule has 0 saturated heterocycles. The number of hydrogen-bond acceptors (Lipinski definition) is 6. The second kappa shape index (κ2) is 9.88. The van der Waals surface area contributed by atoms with Gasteiger partial charge in [-0.2, -0.15) is 4.37 Å². The number of alkyl carbamates (subject to hydrolysis) is 1. The predicted octanol–water partition coefficient (Wildman–Crippen LogP) is 4.21. The fraction of sp³-hybridized carbons (Fsp3) is 0.200. The van der Waals surface area contributed by atoms with Gasteiger partial charge in [0, 0.05) is 25.6 Å². The van der Waals surface area contributed by atoms with Crippen LogP contribution in [0.3, 0.4) is 0 Å². The fourth-order valence-corrected chi connectivity index (χ4v) is 4.85. The minimum atomic E-state index is -1.14. The quantitative estimate of drug-likeness (QED) is 0.494. The smallest absolute Gasteiger partial charge is 0.407 e. The van der Waals surface area contributed by atoms with E-state index in [9.17, 15) is 19.5 Å². The number of carboxylic acid groups (broad SMARTS) is 1. The summed E-state index contributed by atoms with van der Waals surface area (Å²) in [5.41, 5.74) is 4.92. The molecule has 2 amide bonds. The van der Waals surface area contributed by atoms with Crippen molar-refractivity contribution in [3.8, 4) is 11.1 Å². The van der Waals surface area contributed by atoms with Crippen LogP contribution < -0.4 is 10.2 Å². The normalized spacial score (nSPS) is 12.3. The number of aromatic nitrogens is 1. The second-order valence-corrected chi connectivity index (χ2v) is 8.51. The molecule has 1 aliphatic rings. The molecule has 0 bridgehead atoms. The number of carboxylic acids is 1. The van der Waals surface area contributed by atoms with Gasteiger partial charge in [0.1, 0.15) is 17.2 Å². The molecule has 4 rings (SSSR count). The Kier molecular flexibility index (Phi) is 6.74. The molecule has 1 heterocycles. The number of aryl methyl sites for hydroxylation is 1. The number of nitrogens with one attached hydrogen (secondary N) is 1. The zero-order valence-electron chi connectivity index (χ0n) is 18.6. The van der Waals surface area contributed by atoms with E-state index in [1.165, 1.54) is 24.1 Å². The standard InChI is InChI=1S/C25H23N3O5S/c1-15-22(24(30)31)23(34-27-15)28(2)21(29)12-7-13-26-25(32)33-14-20-18-10-5-3-8-16(18)17-9-4-6-11-19(17)20/h3-12,20H,13-14H2,1-2H3,(H,26,32)(H,30,31)/b12-7+. The highest BCUT2D eigenvalue weighted by molar-refractivity contribution is 7.11. The molecule has 0 fully saturated rings. The van der Waals surface area contributed by atoms with Crippen LogP contribution in [0.5, 0.6) is 0 Å². The molecule has 9 heteroatoms. The Morgan fingerprint density at radius 3 is 2.35 bits per heavy atom. The van der Waals surface area contributed by atoms with E-state index >= 15 is 0 Å². The van der Waals surface area contributed by atoms with Crippen LogP contribution in [0.25, 0.3) is 11.1 Å². The molecule has 0 unspecified atom stereocenters. The number of likely N-dealkylation sites (N-methyl/N-ethyl adjacent to an activating group) is 1. The summed E-state index contributed by atoms with van der Waals surface area (Å²) in [5, 5.41) is 12.2. The lowest BCUT2D eigenvalue weighted by Crippen LogP contribution is -2.27. The number of anilines is 1. The lowest BCUT2D eigenvalue weighted by Gasteiger charge is -2.14. The van der Waals surface area contributed by atoms with Crippen LogP contribution in [0.1, 0.15) is 33.1 Å². The van der Waals surface area contributed by atoms with Crippen molar-refractivity contribution in [3.63, 3.8) is 0 Å². The molecule has 0 aliphatic heterocycles. The van der Waals surface area contributed by atoms with E-state index in [0.29, 0.717) is 5.69 Å². The molecule has 2 aromatic carbocycles. The molecular formula is C25H23N3O5S. The largest absolute Gasteiger partial charge is 0.478 e. The average Bonchev–Trinajstić information content (AvgIpc) is 3.38. The van der Waals surface area contributed by atoms with Crippen molar-refractivity contribution in [3.05, 3.63) is 83.1 Å². The minimum Gasteiger partial charge on any atom is -0.478 e. The SMILES string of the molecule is Cc1nsc(N(C)C(=O)/C=C/CNC(=O)OCC2c3ccccc3-c3ccccc32)c1C(=O)O. The number of benzene rings is 2. The maximum atomic E-state index is 12.4. The lowest BCUT2D eigenvalue weighted by atomic mass is 9.98. The number of amides is 2. The highest BCUT2D eigenvalue weighted by atomic mass is 32.1. The summed E-state index contributed by atoms with van der Waals surface area (Å²) in [6.45, 7) is 1.87. The van der Waals surface area contributed by atoms with Crippen LogP contribution >= 0.6 is 11.5 Å². The first-order valence-electron chi connectivity index (χ1n) is 10.6. The maximum Gasteiger partial charge on any atom is 0.407 e. The van der Waals surface area contributed by atoms with Crippen LogP contribution in [-0.4, -0.2) is 47.6 Å². The Labute approximate surface area is 200 Å². The first kappa shape index (κ1) is 23.2. The van der Waals surface area contributed by atoms with Crippen LogP contribution in [0.4, 0.5) is 9.80 Å².